The first-order valence-electron chi connectivity index (χ1n) is 14.0. The van der Waals surface area contributed by atoms with E-state index in [1.807, 2.05) is 24.3 Å². The number of hydrogen-bond acceptors (Lipinski definition) is 5. The summed E-state index contributed by atoms with van der Waals surface area (Å²) in [6.07, 6.45) is 0. The molecule has 0 aromatic heterocycles. The molecule has 5 nitrogen and oxygen atoms in total. The van der Waals surface area contributed by atoms with Crippen molar-refractivity contribution in [3.05, 3.63) is 71.5 Å². The summed E-state index contributed by atoms with van der Waals surface area (Å²) in [6, 6.07) is 7.66. The van der Waals surface area contributed by atoms with E-state index in [9.17, 15) is 14.8 Å². The molecule has 2 aromatic carbocycles. The van der Waals surface area contributed by atoms with Crippen LogP contribution in [0.5, 0.6) is 11.5 Å². The molecule has 0 saturated carbocycles. The van der Waals surface area contributed by atoms with Crippen molar-refractivity contribution in [1.29, 1.82) is 0 Å². The third-order valence-corrected chi connectivity index (χ3v) is 6.92. The van der Waals surface area contributed by atoms with E-state index in [1.54, 1.807) is 13.8 Å². The molecule has 7 heteroatoms. The van der Waals surface area contributed by atoms with E-state index in [0.29, 0.717) is 11.5 Å². The van der Waals surface area contributed by atoms with Crippen LogP contribution in [0.25, 0.3) is 0 Å². The van der Waals surface area contributed by atoms with Crippen molar-refractivity contribution in [3.63, 3.8) is 0 Å². The summed E-state index contributed by atoms with van der Waals surface area (Å²) in [5, 5.41) is 21.8. The zero-order valence-electron chi connectivity index (χ0n) is 28.4. The van der Waals surface area contributed by atoms with Crippen LogP contribution in [-0.2, 0) is 48.5 Å². The third kappa shape index (κ3) is 12.5. The summed E-state index contributed by atoms with van der Waals surface area (Å²) in [4.78, 5) is 0. The SMILES string of the molecule is CC(C)(C)c1cc(CO[P+](=O)OCc2cc(C(C)(C)C)c(O)c(C(C)(C)C)c2)cc(C(C)(C)C)c1O.[CH2-]C.[CH2-]C.[Mg+2]. The Kier molecular flexibility index (Phi) is 17.0. The van der Waals surface area contributed by atoms with E-state index in [0.717, 1.165) is 33.4 Å². The zero-order chi connectivity index (χ0) is 31.9. The molecule has 2 rings (SSSR count). The average molecular weight is 600 g/mol. The minimum atomic E-state index is -2.37. The molecule has 0 unspecified atom stereocenters. The van der Waals surface area contributed by atoms with Crippen molar-refractivity contribution in [3.8, 4) is 11.5 Å². The molecule has 2 N–H and O–H groups in total. The number of benzene rings is 2. The molecule has 0 aliphatic heterocycles. The maximum atomic E-state index is 12.7. The molecule has 0 atom stereocenters. The number of phenols is 2. The van der Waals surface area contributed by atoms with Crippen LogP contribution in [0.3, 0.4) is 0 Å². The van der Waals surface area contributed by atoms with Crippen molar-refractivity contribution < 1.29 is 23.8 Å². The van der Waals surface area contributed by atoms with E-state index in [2.05, 4.69) is 96.9 Å². The Labute approximate surface area is 268 Å². The minimum Gasteiger partial charge on any atom is -0.507 e. The molecule has 0 bridgehead atoms. The standard InChI is InChI=1S/C30H45O5P.2C2H5.Mg/c1-27(2,3)21-13-19(14-22(25(21)31)28(4,5)6)17-34-36(33)35-18-20-15-23(29(7,8)9)26(32)24(16-20)30(10,11)12;2*1-2;/h13-16H,17-18H2,1-12H3,(H-,31,32);2*1H2,2H3;/q;2*-1;+2/p+1. The van der Waals surface area contributed by atoms with Gasteiger partial charge in [0.25, 0.3) is 0 Å². The van der Waals surface area contributed by atoms with Crippen molar-refractivity contribution in [1.82, 2.24) is 0 Å². The molecule has 2 aromatic rings. The van der Waals surface area contributed by atoms with Gasteiger partial charge in [-0.15, -0.1) is 9.05 Å². The van der Waals surface area contributed by atoms with Gasteiger partial charge in [0.2, 0.25) is 0 Å². The van der Waals surface area contributed by atoms with Crippen LogP contribution in [0.15, 0.2) is 24.3 Å². The largest absolute Gasteiger partial charge is 2.00 e. The fourth-order valence-corrected chi connectivity index (χ4v) is 4.72. The second kappa shape index (κ2) is 16.6. The summed E-state index contributed by atoms with van der Waals surface area (Å²) >= 11 is 0. The average Bonchev–Trinajstić information content (AvgIpc) is 2.82. The van der Waals surface area contributed by atoms with E-state index >= 15 is 0 Å². The number of rotatable bonds is 6. The Morgan fingerprint density at radius 3 is 0.927 bits per heavy atom. The minimum absolute atomic E-state index is 0. The van der Waals surface area contributed by atoms with Crippen LogP contribution in [0.2, 0.25) is 0 Å². The molecule has 0 amide bonds. The van der Waals surface area contributed by atoms with Crippen molar-refractivity contribution in [2.45, 2.75) is 132 Å². The Bertz CT molecular complexity index is 956. The molecule has 0 aliphatic carbocycles. The summed E-state index contributed by atoms with van der Waals surface area (Å²) in [5.74, 6) is 0.604. The van der Waals surface area contributed by atoms with E-state index in [4.69, 9.17) is 9.05 Å². The first-order valence-corrected chi connectivity index (χ1v) is 15.1. The van der Waals surface area contributed by atoms with Gasteiger partial charge in [-0.1, -0.05) is 83.1 Å². The van der Waals surface area contributed by atoms with Gasteiger partial charge < -0.3 is 24.1 Å². The van der Waals surface area contributed by atoms with Gasteiger partial charge in [-0.3, -0.25) is 0 Å². The molecule has 0 radical (unpaired) electrons. The van der Waals surface area contributed by atoms with Crippen LogP contribution in [0.1, 0.15) is 130 Å². The Morgan fingerprint density at radius 1 is 0.561 bits per heavy atom. The fraction of sp³-hybridized carbons (Fsp3) is 0.588. The second-order valence-corrected chi connectivity index (χ2v) is 14.8. The molecular formula is C34H56MgO5P+. The molecule has 0 fully saturated rings. The smallest absolute Gasteiger partial charge is 0.507 e. The van der Waals surface area contributed by atoms with Crippen LogP contribution in [-0.4, -0.2) is 33.3 Å². The number of phenolic OH excluding ortho intramolecular Hbond substituents is 2. The van der Waals surface area contributed by atoms with Gasteiger partial charge in [0.1, 0.15) is 24.7 Å². The van der Waals surface area contributed by atoms with E-state index < -0.39 is 8.25 Å². The fourth-order valence-electron chi connectivity index (χ4n) is 4.13. The van der Waals surface area contributed by atoms with Crippen molar-refractivity contribution in [2.75, 3.05) is 0 Å². The van der Waals surface area contributed by atoms with E-state index in [-0.39, 0.29) is 57.9 Å². The van der Waals surface area contributed by atoms with Gasteiger partial charge in [-0.05, 0) is 79.3 Å². The predicted molar refractivity (Wildman–Crippen MR) is 176 cm³/mol. The van der Waals surface area contributed by atoms with E-state index in [1.165, 1.54) is 0 Å². The van der Waals surface area contributed by atoms with Gasteiger partial charge in [0, 0.05) is 4.57 Å². The van der Waals surface area contributed by atoms with Crippen LogP contribution >= 0.6 is 8.25 Å². The summed E-state index contributed by atoms with van der Waals surface area (Å²) in [5.41, 5.74) is 3.97. The first-order chi connectivity index (χ1) is 18.1. The van der Waals surface area contributed by atoms with Crippen LogP contribution in [0.4, 0.5) is 0 Å². The van der Waals surface area contributed by atoms with Gasteiger partial charge in [0.15, 0.2) is 0 Å². The summed E-state index contributed by atoms with van der Waals surface area (Å²) < 4.78 is 23.9. The predicted octanol–water partition coefficient (Wildman–Crippen LogP) is 9.98. The molecule has 0 aliphatic rings. The molecule has 41 heavy (non-hydrogen) atoms. The Hall–Kier alpha value is -1.17. The van der Waals surface area contributed by atoms with Crippen LogP contribution in [0, 0.1) is 13.8 Å². The second-order valence-electron chi connectivity index (χ2n) is 13.8. The van der Waals surface area contributed by atoms with Gasteiger partial charge in [-0.2, -0.15) is 13.8 Å². The molecule has 0 heterocycles. The number of hydrogen-bond donors (Lipinski definition) is 2. The van der Waals surface area contributed by atoms with Crippen molar-refractivity contribution in [2.24, 2.45) is 0 Å². The van der Waals surface area contributed by atoms with Gasteiger partial charge in [0.05, 0.1) is 0 Å². The monoisotopic (exact) mass is 599 g/mol. The third-order valence-electron chi connectivity index (χ3n) is 6.24. The topological polar surface area (TPSA) is 76.0 Å². The first kappa shape index (κ1) is 42.0. The number of aromatic hydroxyl groups is 2. The molecule has 0 saturated heterocycles. The van der Waals surface area contributed by atoms with Gasteiger partial charge >= 0.3 is 31.3 Å². The molecule has 228 valence electrons. The normalized spacial score (nSPS) is 11.9. The molecular weight excluding hydrogens is 544 g/mol. The summed E-state index contributed by atoms with van der Waals surface area (Å²) in [6.45, 7) is 34.9. The Morgan fingerprint density at radius 2 is 0.756 bits per heavy atom. The molecule has 0 spiro atoms. The Balaban J connectivity index is 0. The quantitative estimate of drug-likeness (QED) is 0.196. The maximum Gasteiger partial charge on any atom is 2.00 e. The van der Waals surface area contributed by atoms with Crippen LogP contribution < -0.4 is 0 Å². The van der Waals surface area contributed by atoms with Gasteiger partial charge in [-0.25, -0.2) is 0 Å². The zero-order valence-corrected chi connectivity index (χ0v) is 30.7. The van der Waals surface area contributed by atoms with Crippen molar-refractivity contribution >= 4 is 31.3 Å². The summed E-state index contributed by atoms with van der Waals surface area (Å²) in [7, 11) is -2.37. The maximum absolute atomic E-state index is 12.7.